The van der Waals surface area contributed by atoms with Gasteiger partial charge in [-0.1, -0.05) is 0 Å². The van der Waals surface area contributed by atoms with E-state index in [-0.39, 0.29) is 0 Å². The summed E-state index contributed by atoms with van der Waals surface area (Å²) in [6, 6.07) is 0. The van der Waals surface area contributed by atoms with E-state index in [1.54, 1.807) is 0 Å². The van der Waals surface area contributed by atoms with E-state index in [2.05, 4.69) is 9.89 Å². The average Bonchev–Trinajstić information content (AvgIpc) is 2.41. The normalized spacial score (nSPS) is 27.2. The number of guanidine groups is 1. The lowest BCUT2D eigenvalue weighted by Crippen LogP contribution is -2.41. The van der Waals surface area contributed by atoms with Gasteiger partial charge < -0.3 is 15.4 Å². The largest absolute Gasteiger partial charge is 0.378 e. The van der Waals surface area contributed by atoms with E-state index < -0.39 is 0 Å². The Bertz CT molecular complexity index is 243. The molecule has 2 aliphatic rings. The number of likely N-dealkylation sites (tertiary alicyclic amines) is 1. The lowest BCUT2D eigenvalue weighted by Gasteiger charge is -2.27. The van der Waals surface area contributed by atoms with Gasteiger partial charge in [0.2, 0.25) is 0 Å². The number of nitrogens with zero attached hydrogens (tertiary/aromatic N) is 2. The van der Waals surface area contributed by atoms with Crippen LogP contribution in [0.3, 0.4) is 0 Å². The third-order valence-corrected chi connectivity index (χ3v) is 3.68. The van der Waals surface area contributed by atoms with Crippen molar-refractivity contribution in [3.05, 3.63) is 0 Å². The van der Waals surface area contributed by atoms with Crippen LogP contribution in [0.1, 0.15) is 44.9 Å². The Morgan fingerprint density at radius 2 is 2.00 bits per heavy atom. The quantitative estimate of drug-likeness (QED) is 0.603. The van der Waals surface area contributed by atoms with Crippen LogP contribution in [0.15, 0.2) is 4.99 Å². The fraction of sp³-hybridized carbons (Fsp3) is 0.923. The molecule has 0 bridgehead atoms. The van der Waals surface area contributed by atoms with Gasteiger partial charge in [0.1, 0.15) is 0 Å². The molecule has 0 saturated carbocycles. The lowest BCUT2D eigenvalue weighted by molar-refractivity contribution is 0.0129. The second kappa shape index (κ2) is 6.84. The second-order valence-electron chi connectivity index (χ2n) is 5.06. The summed E-state index contributed by atoms with van der Waals surface area (Å²) in [6.07, 6.45) is 8.99. The molecule has 1 atom stereocenters. The Morgan fingerprint density at radius 1 is 1.18 bits per heavy atom. The van der Waals surface area contributed by atoms with Crippen LogP contribution in [0.2, 0.25) is 0 Å². The Morgan fingerprint density at radius 3 is 2.71 bits per heavy atom. The Hall–Kier alpha value is -0.770. The van der Waals surface area contributed by atoms with Crippen LogP contribution in [-0.2, 0) is 4.74 Å². The van der Waals surface area contributed by atoms with Crippen LogP contribution in [0, 0.1) is 0 Å². The summed E-state index contributed by atoms with van der Waals surface area (Å²) < 4.78 is 5.68. The van der Waals surface area contributed by atoms with E-state index in [1.807, 2.05) is 0 Å². The standard InChI is InChI=1S/C13H25N3O/c14-13(16-9-3-1-4-10-16)15-8-7-12-6-2-5-11-17-12/h12H,1-11H2,(H2,14,15). The van der Waals surface area contributed by atoms with Crippen LogP contribution in [0.4, 0.5) is 0 Å². The molecule has 0 aromatic heterocycles. The van der Waals surface area contributed by atoms with E-state index in [4.69, 9.17) is 10.5 Å². The van der Waals surface area contributed by atoms with Gasteiger partial charge in [-0.2, -0.15) is 0 Å². The van der Waals surface area contributed by atoms with Gasteiger partial charge in [-0.05, 0) is 44.9 Å². The molecular formula is C13H25N3O. The average molecular weight is 239 g/mol. The first-order chi connectivity index (χ1) is 8.36. The van der Waals surface area contributed by atoms with Gasteiger partial charge in [0, 0.05) is 26.2 Å². The van der Waals surface area contributed by atoms with E-state index in [0.717, 1.165) is 38.6 Å². The Balaban J connectivity index is 1.67. The molecule has 2 aliphatic heterocycles. The van der Waals surface area contributed by atoms with Crippen molar-refractivity contribution >= 4 is 5.96 Å². The second-order valence-corrected chi connectivity index (χ2v) is 5.06. The van der Waals surface area contributed by atoms with E-state index in [0.29, 0.717) is 6.10 Å². The van der Waals surface area contributed by atoms with Crippen molar-refractivity contribution in [2.75, 3.05) is 26.2 Å². The van der Waals surface area contributed by atoms with Gasteiger partial charge in [-0.15, -0.1) is 0 Å². The molecule has 0 radical (unpaired) electrons. The fourth-order valence-corrected chi connectivity index (χ4v) is 2.58. The van der Waals surface area contributed by atoms with Gasteiger partial charge in [0.25, 0.3) is 0 Å². The minimum absolute atomic E-state index is 0.418. The minimum Gasteiger partial charge on any atom is -0.378 e. The summed E-state index contributed by atoms with van der Waals surface area (Å²) in [6.45, 7) is 3.90. The maximum atomic E-state index is 6.00. The lowest BCUT2D eigenvalue weighted by atomic mass is 10.1. The van der Waals surface area contributed by atoms with Crippen LogP contribution in [0.5, 0.6) is 0 Å². The predicted molar refractivity (Wildman–Crippen MR) is 70.1 cm³/mol. The molecule has 2 heterocycles. The molecule has 2 N–H and O–H groups in total. The van der Waals surface area contributed by atoms with E-state index in [9.17, 15) is 0 Å². The van der Waals surface area contributed by atoms with Crippen molar-refractivity contribution in [2.45, 2.75) is 51.0 Å². The highest BCUT2D eigenvalue weighted by atomic mass is 16.5. The van der Waals surface area contributed by atoms with Crippen LogP contribution in [-0.4, -0.2) is 43.2 Å². The number of nitrogens with two attached hydrogens (primary N) is 1. The maximum absolute atomic E-state index is 6.00. The van der Waals surface area contributed by atoms with Crippen LogP contribution >= 0.6 is 0 Å². The molecule has 0 aromatic rings. The van der Waals surface area contributed by atoms with Crippen molar-refractivity contribution < 1.29 is 4.74 Å². The third kappa shape index (κ3) is 4.19. The molecular weight excluding hydrogens is 214 g/mol. The van der Waals surface area contributed by atoms with E-state index in [1.165, 1.54) is 38.5 Å². The summed E-state index contributed by atoms with van der Waals surface area (Å²) >= 11 is 0. The Kier molecular flexibility index (Phi) is 5.10. The highest BCUT2D eigenvalue weighted by Gasteiger charge is 2.14. The van der Waals surface area contributed by atoms with Crippen LogP contribution in [0.25, 0.3) is 0 Å². The summed E-state index contributed by atoms with van der Waals surface area (Å²) in [7, 11) is 0. The third-order valence-electron chi connectivity index (χ3n) is 3.68. The zero-order valence-corrected chi connectivity index (χ0v) is 10.7. The number of hydrogen-bond donors (Lipinski definition) is 1. The number of aliphatic imine (C=N–C) groups is 1. The maximum Gasteiger partial charge on any atom is 0.191 e. The molecule has 98 valence electrons. The molecule has 0 amide bonds. The summed E-state index contributed by atoms with van der Waals surface area (Å²) in [5.74, 6) is 0.737. The minimum atomic E-state index is 0.418. The summed E-state index contributed by atoms with van der Waals surface area (Å²) in [5.41, 5.74) is 6.00. The van der Waals surface area contributed by atoms with Gasteiger partial charge in [0.05, 0.1) is 6.10 Å². The highest BCUT2D eigenvalue weighted by Crippen LogP contribution is 2.15. The molecule has 4 nitrogen and oxygen atoms in total. The highest BCUT2D eigenvalue weighted by molar-refractivity contribution is 5.78. The zero-order valence-electron chi connectivity index (χ0n) is 10.7. The molecule has 2 saturated heterocycles. The zero-order chi connectivity index (χ0) is 11.9. The van der Waals surface area contributed by atoms with Crippen LogP contribution < -0.4 is 5.73 Å². The van der Waals surface area contributed by atoms with E-state index >= 15 is 0 Å². The first-order valence-electron chi connectivity index (χ1n) is 7.03. The van der Waals surface area contributed by atoms with Crippen molar-refractivity contribution in [2.24, 2.45) is 10.7 Å². The molecule has 0 spiro atoms. The molecule has 1 unspecified atom stereocenters. The molecule has 4 heteroatoms. The van der Waals surface area contributed by atoms with Crippen molar-refractivity contribution in [3.8, 4) is 0 Å². The monoisotopic (exact) mass is 239 g/mol. The molecule has 2 fully saturated rings. The molecule has 0 aromatic carbocycles. The predicted octanol–water partition coefficient (Wildman–Crippen LogP) is 1.75. The first kappa shape index (κ1) is 12.7. The van der Waals surface area contributed by atoms with Gasteiger partial charge in [-0.25, -0.2) is 0 Å². The number of rotatable bonds is 3. The summed E-state index contributed by atoms with van der Waals surface area (Å²) in [5, 5.41) is 0. The number of ether oxygens (including phenoxy) is 1. The SMILES string of the molecule is NC(=NCCC1CCCCO1)N1CCCCC1. The van der Waals surface area contributed by atoms with Gasteiger partial charge in [-0.3, -0.25) is 4.99 Å². The first-order valence-corrected chi connectivity index (χ1v) is 7.03. The smallest absolute Gasteiger partial charge is 0.191 e. The molecule has 2 rings (SSSR count). The molecule has 0 aliphatic carbocycles. The number of piperidine rings is 1. The molecule has 17 heavy (non-hydrogen) atoms. The fourth-order valence-electron chi connectivity index (χ4n) is 2.58. The number of hydrogen-bond acceptors (Lipinski definition) is 2. The van der Waals surface area contributed by atoms with Gasteiger partial charge in [0.15, 0.2) is 5.96 Å². The van der Waals surface area contributed by atoms with Crippen molar-refractivity contribution in [1.82, 2.24) is 4.90 Å². The van der Waals surface area contributed by atoms with Crippen molar-refractivity contribution in [3.63, 3.8) is 0 Å². The Labute approximate surface area is 104 Å². The topological polar surface area (TPSA) is 50.9 Å². The summed E-state index contributed by atoms with van der Waals surface area (Å²) in [4.78, 5) is 6.70. The van der Waals surface area contributed by atoms with Crippen molar-refractivity contribution in [1.29, 1.82) is 0 Å². The van der Waals surface area contributed by atoms with Gasteiger partial charge >= 0.3 is 0 Å².